The van der Waals surface area contributed by atoms with Crippen molar-refractivity contribution in [2.45, 2.75) is 6.92 Å². The van der Waals surface area contributed by atoms with Crippen LogP contribution < -0.4 is 15.0 Å². The summed E-state index contributed by atoms with van der Waals surface area (Å²) < 4.78 is 5.41. The van der Waals surface area contributed by atoms with Crippen molar-refractivity contribution < 1.29 is 24.2 Å². The number of barbiturate groups is 1. The van der Waals surface area contributed by atoms with E-state index in [2.05, 4.69) is 21.2 Å². The number of methoxy groups -OCH3 is 1. The first-order valence-corrected chi connectivity index (χ1v) is 8.66. The monoisotopic (exact) mass is 430 g/mol. The smallest absolute Gasteiger partial charge is 0.335 e. The van der Waals surface area contributed by atoms with E-state index in [1.807, 2.05) is 0 Å². The molecule has 2 aromatic rings. The van der Waals surface area contributed by atoms with Gasteiger partial charge in [-0.2, -0.15) is 0 Å². The zero-order valence-electron chi connectivity index (χ0n) is 14.4. The van der Waals surface area contributed by atoms with Crippen LogP contribution in [0.4, 0.5) is 10.5 Å². The maximum absolute atomic E-state index is 12.9. The number of halogens is 1. The Balaban J connectivity index is 2.08. The quantitative estimate of drug-likeness (QED) is 0.575. The van der Waals surface area contributed by atoms with E-state index in [1.54, 1.807) is 31.2 Å². The lowest BCUT2D eigenvalue weighted by atomic mass is 10.1. The first-order valence-electron chi connectivity index (χ1n) is 7.87. The topological polar surface area (TPSA) is 95.9 Å². The van der Waals surface area contributed by atoms with E-state index in [9.17, 15) is 19.5 Å². The Labute approximate surface area is 163 Å². The summed E-state index contributed by atoms with van der Waals surface area (Å²) >= 11 is 3.19. The van der Waals surface area contributed by atoms with E-state index in [0.29, 0.717) is 21.3 Å². The second kappa shape index (κ2) is 7.24. The Kier molecular flexibility index (Phi) is 5.00. The maximum atomic E-state index is 12.9. The zero-order chi connectivity index (χ0) is 19.7. The van der Waals surface area contributed by atoms with Crippen molar-refractivity contribution in [1.29, 1.82) is 0 Å². The summed E-state index contributed by atoms with van der Waals surface area (Å²) in [6, 6.07) is 9.07. The van der Waals surface area contributed by atoms with Gasteiger partial charge in [0.25, 0.3) is 11.8 Å². The highest BCUT2D eigenvalue weighted by atomic mass is 79.9. The van der Waals surface area contributed by atoms with E-state index in [1.165, 1.54) is 25.3 Å². The number of nitrogens with one attached hydrogen (secondary N) is 1. The predicted octanol–water partition coefficient (Wildman–Crippen LogP) is 3.14. The Morgan fingerprint density at radius 3 is 2.56 bits per heavy atom. The molecule has 1 heterocycles. The fraction of sp³-hybridized carbons (Fsp3) is 0.105. The van der Waals surface area contributed by atoms with Crippen LogP contribution in [0.2, 0.25) is 0 Å². The molecule has 1 fully saturated rings. The van der Waals surface area contributed by atoms with Gasteiger partial charge in [-0.1, -0.05) is 18.2 Å². The third-order valence-electron chi connectivity index (χ3n) is 4.04. The van der Waals surface area contributed by atoms with E-state index in [4.69, 9.17) is 4.74 Å². The number of imide groups is 2. The number of nitrogens with zero attached hydrogens (tertiary/aromatic N) is 1. The number of hydrogen-bond donors (Lipinski definition) is 2. The highest BCUT2D eigenvalue weighted by Gasteiger charge is 2.37. The molecule has 8 heteroatoms. The number of ether oxygens (including phenoxy) is 1. The number of rotatable bonds is 3. The lowest BCUT2D eigenvalue weighted by molar-refractivity contribution is -0.122. The molecule has 0 saturated carbocycles. The Bertz CT molecular complexity index is 1000. The second-order valence-electron chi connectivity index (χ2n) is 5.80. The molecule has 2 N–H and O–H groups in total. The molecule has 1 saturated heterocycles. The molecule has 138 valence electrons. The first-order chi connectivity index (χ1) is 12.8. The van der Waals surface area contributed by atoms with Crippen molar-refractivity contribution in [3.05, 3.63) is 57.6 Å². The van der Waals surface area contributed by atoms with Gasteiger partial charge in [-0.05, 0) is 58.3 Å². The third-order valence-corrected chi connectivity index (χ3v) is 4.64. The molecule has 7 nitrogen and oxygen atoms in total. The number of aryl methyl sites for hydroxylation is 1. The summed E-state index contributed by atoms with van der Waals surface area (Å²) in [6.45, 7) is 1.76. The minimum atomic E-state index is -0.805. The third kappa shape index (κ3) is 3.43. The van der Waals surface area contributed by atoms with Crippen molar-refractivity contribution in [2.24, 2.45) is 0 Å². The van der Waals surface area contributed by atoms with Crippen molar-refractivity contribution in [2.75, 3.05) is 12.0 Å². The molecule has 0 aliphatic carbocycles. The highest BCUT2D eigenvalue weighted by molar-refractivity contribution is 9.10. The number of hydrogen-bond acceptors (Lipinski definition) is 5. The number of para-hydroxylation sites is 1. The molecule has 0 radical (unpaired) electrons. The van der Waals surface area contributed by atoms with Gasteiger partial charge in [0.05, 0.1) is 17.3 Å². The maximum Gasteiger partial charge on any atom is 0.335 e. The number of phenolic OH excluding ortho intramolecular Hbond substituents is 1. The fourth-order valence-corrected chi connectivity index (χ4v) is 3.15. The van der Waals surface area contributed by atoms with Crippen LogP contribution in [0, 0.1) is 6.92 Å². The molecule has 0 atom stereocenters. The van der Waals surface area contributed by atoms with E-state index < -0.39 is 17.8 Å². The fourth-order valence-electron chi connectivity index (χ4n) is 2.69. The lowest BCUT2D eigenvalue weighted by Crippen LogP contribution is -2.54. The number of benzene rings is 2. The van der Waals surface area contributed by atoms with Gasteiger partial charge in [-0.15, -0.1) is 0 Å². The number of amides is 4. The Morgan fingerprint density at radius 1 is 1.19 bits per heavy atom. The van der Waals surface area contributed by atoms with Gasteiger partial charge >= 0.3 is 6.03 Å². The summed E-state index contributed by atoms with van der Waals surface area (Å²) in [7, 11) is 1.38. The molecule has 1 aliphatic heterocycles. The molecule has 0 bridgehead atoms. The molecule has 4 amide bonds. The average molecular weight is 431 g/mol. The van der Waals surface area contributed by atoms with Gasteiger partial charge in [0.1, 0.15) is 5.57 Å². The van der Waals surface area contributed by atoms with Crippen molar-refractivity contribution in [3.63, 3.8) is 0 Å². The van der Waals surface area contributed by atoms with Crippen LogP contribution in [0.15, 0.2) is 46.4 Å². The number of anilines is 1. The van der Waals surface area contributed by atoms with Crippen molar-refractivity contribution in [3.8, 4) is 11.5 Å². The number of carbonyl (C=O) groups excluding carboxylic acids is 3. The molecular formula is C19H15BrN2O5. The SMILES string of the molecule is COc1cc(C=C2C(=O)NC(=O)N(c3ccccc3C)C2=O)cc(Br)c1O. The van der Waals surface area contributed by atoms with Crippen LogP contribution in [0.3, 0.4) is 0 Å². The highest BCUT2D eigenvalue weighted by Crippen LogP contribution is 2.36. The van der Waals surface area contributed by atoms with Gasteiger partial charge in [0.2, 0.25) is 0 Å². The van der Waals surface area contributed by atoms with Crippen LogP contribution >= 0.6 is 15.9 Å². The van der Waals surface area contributed by atoms with Crippen LogP contribution in [0.25, 0.3) is 6.08 Å². The average Bonchev–Trinajstić information content (AvgIpc) is 2.62. The summed E-state index contributed by atoms with van der Waals surface area (Å²) in [5, 5.41) is 12.1. The number of urea groups is 1. The van der Waals surface area contributed by atoms with Crippen LogP contribution in [0.1, 0.15) is 11.1 Å². The van der Waals surface area contributed by atoms with Gasteiger partial charge in [-0.3, -0.25) is 14.9 Å². The molecule has 27 heavy (non-hydrogen) atoms. The molecule has 1 aliphatic rings. The molecule has 0 spiro atoms. The van der Waals surface area contributed by atoms with Gasteiger partial charge < -0.3 is 9.84 Å². The number of carbonyl (C=O) groups is 3. The van der Waals surface area contributed by atoms with Crippen LogP contribution in [0.5, 0.6) is 11.5 Å². The van der Waals surface area contributed by atoms with E-state index >= 15 is 0 Å². The van der Waals surface area contributed by atoms with Crippen LogP contribution in [-0.4, -0.2) is 30.1 Å². The normalized spacial score (nSPS) is 15.9. The molecular weight excluding hydrogens is 416 g/mol. The van der Waals surface area contributed by atoms with Crippen molar-refractivity contribution >= 4 is 45.5 Å². The largest absolute Gasteiger partial charge is 0.503 e. The number of aromatic hydroxyl groups is 1. The number of phenols is 1. The van der Waals surface area contributed by atoms with Gasteiger partial charge in [0, 0.05) is 0 Å². The summed E-state index contributed by atoms with van der Waals surface area (Å²) in [6.07, 6.45) is 1.34. The van der Waals surface area contributed by atoms with Gasteiger partial charge in [0.15, 0.2) is 11.5 Å². The Morgan fingerprint density at radius 2 is 1.89 bits per heavy atom. The van der Waals surface area contributed by atoms with Crippen LogP contribution in [-0.2, 0) is 9.59 Å². The summed E-state index contributed by atoms with van der Waals surface area (Å²) in [5.41, 5.74) is 1.33. The molecule has 0 unspecified atom stereocenters. The Hall–Kier alpha value is -3.13. The van der Waals surface area contributed by atoms with Crippen molar-refractivity contribution in [1.82, 2.24) is 5.32 Å². The first kappa shape index (κ1) is 18.7. The molecule has 0 aromatic heterocycles. The zero-order valence-corrected chi connectivity index (χ0v) is 16.0. The summed E-state index contributed by atoms with van der Waals surface area (Å²) in [4.78, 5) is 38.3. The predicted molar refractivity (Wildman–Crippen MR) is 103 cm³/mol. The van der Waals surface area contributed by atoms with Gasteiger partial charge in [-0.25, -0.2) is 9.69 Å². The standard InChI is InChI=1S/C19H15BrN2O5/c1-10-5-3-4-6-14(10)22-18(25)12(17(24)21-19(22)26)7-11-8-13(20)16(23)15(9-11)27-2/h3-9,23H,1-2H3,(H,21,24,26). The molecule has 2 aromatic carbocycles. The lowest BCUT2D eigenvalue weighted by Gasteiger charge is -2.27. The van der Waals surface area contributed by atoms with E-state index in [0.717, 1.165) is 4.90 Å². The molecule has 3 rings (SSSR count). The second-order valence-corrected chi connectivity index (χ2v) is 6.65. The van der Waals surface area contributed by atoms with E-state index in [-0.39, 0.29) is 17.1 Å². The minimum absolute atomic E-state index is 0.101. The summed E-state index contributed by atoms with van der Waals surface area (Å²) in [5.74, 6) is -1.46. The minimum Gasteiger partial charge on any atom is -0.503 e.